The monoisotopic (exact) mass is 463 g/mol. The molecule has 1 heterocycles. The van der Waals surface area contributed by atoms with Crippen LogP contribution >= 0.6 is 11.6 Å². The molecule has 0 radical (unpaired) electrons. The van der Waals surface area contributed by atoms with Crippen LogP contribution in [0.15, 0.2) is 50.6 Å². The lowest BCUT2D eigenvalue weighted by Gasteiger charge is -2.27. The minimum atomic E-state index is -4.95. The van der Waals surface area contributed by atoms with Crippen molar-refractivity contribution in [3.8, 4) is 0 Å². The highest BCUT2D eigenvalue weighted by atomic mass is 35.5. The number of halogens is 7. The lowest BCUT2D eigenvalue weighted by molar-refractivity contribution is -0.143. The number of benzene rings is 1. The second kappa shape index (κ2) is 8.68. The van der Waals surface area contributed by atoms with Gasteiger partial charge in [0.1, 0.15) is 5.84 Å². The van der Waals surface area contributed by atoms with Crippen molar-refractivity contribution in [2.45, 2.75) is 39.0 Å². The molecule has 0 aromatic heterocycles. The third kappa shape index (κ3) is 5.50. The molecule has 1 atom stereocenters. The number of alkyl halides is 6. The molecule has 0 amide bonds. The van der Waals surface area contributed by atoms with Crippen LogP contribution in [0.5, 0.6) is 0 Å². The number of hydrogen-bond acceptors (Lipinski definition) is 2. The molecule has 1 aliphatic carbocycles. The molecule has 1 unspecified atom stereocenters. The molecule has 3 rings (SSSR count). The molecule has 0 fully saturated rings. The Bertz CT molecular complexity index is 940. The van der Waals surface area contributed by atoms with Crippen molar-refractivity contribution >= 4 is 23.8 Å². The topological polar surface area (TPSA) is 28.0 Å². The van der Waals surface area contributed by atoms with Crippen molar-refractivity contribution in [1.82, 2.24) is 4.90 Å². The largest absolute Gasteiger partial charge is 0.416 e. The zero-order valence-corrected chi connectivity index (χ0v) is 17.5. The maximum atomic E-state index is 13.4. The van der Waals surface area contributed by atoms with Gasteiger partial charge in [0.15, 0.2) is 0 Å². The Labute approximate surface area is 180 Å². The first-order chi connectivity index (χ1) is 14.4. The van der Waals surface area contributed by atoms with Gasteiger partial charge in [-0.2, -0.15) is 26.3 Å². The molecule has 31 heavy (non-hydrogen) atoms. The molecule has 3 nitrogen and oxygen atoms in total. The molecule has 2 aliphatic rings. The summed E-state index contributed by atoms with van der Waals surface area (Å²) >= 11 is 6.33. The predicted octanol–water partition coefficient (Wildman–Crippen LogP) is 6.64. The Balaban J connectivity index is 2.25. The van der Waals surface area contributed by atoms with E-state index in [1.807, 2.05) is 13.8 Å². The van der Waals surface area contributed by atoms with Crippen LogP contribution in [0.1, 0.15) is 43.4 Å². The molecule has 10 heteroatoms. The van der Waals surface area contributed by atoms with Crippen LogP contribution < -0.4 is 0 Å². The van der Waals surface area contributed by atoms with Crippen molar-refractivity contribution in [3.05, 3.63) is 57.3 Å². The Morgan fingerprint density at radius 1 is 1.10 bits per heavy atom. The molecule has 0 saturated carbocycles. The van der Waals surface area contributed by atoms with Crippen molar-refractivity contribution in [2.75, 3.05) is 13.1 Å². The molecular weight excluding hydrogens is 444 g/mol. The van der Waals surface area contributed by atoms with E-state index in [0.717, 1.165) is 5.57 Å². The number of hydrogen-bond donors (Lipinski definition) is 0. The summed E-state index contributed by atoms with van der Waals surface area (Å²) in [7, 11) is 0. The normalized spacial score (nSPS) is 20.9. The van der Waals surface area contributed by atoms with Crippen LogP contribution in [0.25, 0.3) is 0 Å². The molecule has 0 spiro atoms. The van der Waals surface area contributed by atoms with E-state index in [9.17, 15) is 26.3 Å². The summed E-state index contributed by atoms with van der Waals surface area (Å²) in [5.41, 5.74) is -1.67. The maximum Gasteiger partial charge on any atom is 0.416 e. The van der Waals surface area contributed by atoms with Crippen LogP contribution in [0.3, 0.4) is 0 Å². The summed E-state index contributed by atoms with van der Waals surface area (Å²) in [4.78, 5) is 10.1. The second-order valence-electron chi connectivity index (χ2n) is 7.63. The third-order valence-electron chi connectivity index (χ3n) is 4.96. The summed E-state index contributed by atoms with van der Waals surface area (Å²) in [5, 5.41) is 0.311. The molecule has 1 aromatic carbocycles. The number of rotatable bonds is 2. The summed E-state index contributed by atoms with van der Waals surface area (Å²) in [6.45, 7) is 4.61. The van der Waals surface area contributed by atoms with Gasteiger partial charge in [0.25, 0.3) is 0 Å². The van der Waals surface area contributed by atoms with E-state index in [1.54, 1.807) is 6.08 Å². The standard InChI is InChI=1S/C21H20ClF6N3/c1-12-6-13(2)18(17(22)7-12)30-19(31-5-3-4-29-11-31)14-8-15(20(23,24)25)10-16(9-14)21(26,27)28/h7-11,13H,3-6H2,1-2H3/b30-19+. The van der Waals surface area contributed by atoms with Crippen molar-refractivity contribution in [1.29, 1.82) is 0 Å². The van der Waals surface area contributed by atoms with Gasteiger partial charge in [-0.05, 0) is 44.0 Å². The van der Waals surface area contributed by atoms with Crippen LogP contribution in [0.4, 0.5) is 26.3 Å². The molecule has 1 aliphatic heterocycles. The molecular formula is C21H20ClF6N3. The highest BCUT2D eigenvalue weighted by Crippen LogP contribution is 2.37. The van der Waals surface area contributed by atoms with Crippen molar-refractivity contribution < 1.29 is 26.3 Å². The summed E-state index contributed by atoms with van der Waals surface area (Å²) in [5.74, 6) is -0.199. The van der Waals surface area contributed by atoms with Crippen LogP contribution in [-0.4, -0.2) is 30.2 Å². The number of nitrogens with zero attached hydrogens (tertiary/aromatic N) is 3. The van der Waals surface area contributed by atoms with Gasteiger partial charge in [0.2, 0.25) is 0 Å². The van der Waals surface area contributed by atoms with Gasteiger partial charge in [0.05, 0.1) is 28.2 Å². The summed E-state index contributed by atoms with van der Waals surface area (Å²) in [6, 6.07) is 1.46. The van der Waals surface area contributed by atoms with Crippen LogP contribution in [0, 0.1) is 5.92 Å². The fourth-order valence-corrected chi connectivity index (χ4v) is 3.94. The Morgan fingerprint density at radius 2 is 1.71 bits per heavy atom. The molecule has 0 N–H and O–H groups in total. The van der Waals surface area contributed by atoms with E-state index in [2.05, 4.69) is 9.98 Å². The Morgan fingerprint density at radius 3 is 2.19 bits per heavy atom. The Hall–Kier alpha value is -2.29. The fraction of sp³-hybridized carbons (Fsp3) is 0.429. The van der Waals surface area contributed by atoms with Crippen LogP contribution in [0.2, 0.25) is 0 Å². The van der Waals surface area contributed by atoms with Gasteiger partial charge < -0.3 is 4.90 Å². The molecule has 0 bridgehead atoms. The average molecular weight is 464 g/mol. The maximum absolute atomic E-state index is 13.4. The zero-order valence-electron chi connectivity index (χ0n) is 16.8. The fourth-order valence-electron chi connectivity index (χ4n) is 3.53. The third-order valence-corrected chi connectivity index (χ3v) is 5.27. The van der Waals surface area contributed by atoms with E-state index in [4.69, 9.17) is 11.6 Å². The lowest BCUT2D eigenvalue weighted by atomic mass is 9.93. The van der Waals surface area contributed by atoms with Crippen LogP contribution in [-0.2, 0) is 12.4 Å². The molecule has 168 valence electrons. The van der Waals surface area contributed by atoms with Crippen molar-refractivity contribution in [3.63, 3.8) is 0 Å². The molecule has 0 saturated heterocycles. The SMILES string of the molecule is CC1=CC(Cl)=C(/N=C(\c2cc(C(F)(F)F)cc(C(F)(F)F)c2)N2C=NCCC2)C(C)C1. The van der Waals surface area contributed by atoms with E-state index in [1.165, 1.54) is 11.2 Å². The van der Waals surface area contributed by atoms with Gasteiger partial charge in [-0.3, -0.25) is 4.99 Å². The number of allylic oxidation sites excluding steroid dienone is 4. The van der Waals surface area contributed by atoms with Gasteiger partial charge in [-0.1, -0.05) is 24.1 Å². The quantitative estimate of drug-likeness (QED) is 0.274. The number of amidine groups is 1. The van der Waals surface area contributed by atoms with E-state index < -0.39 is 23.5 Å². The van der Waals surface area contributed by atoms with E-state index in [0.29, 0.717) is 48.8 Å². The highest BCUT2D eigenvalue weighted by Gasteiger charge is 2.38. The van der Waals surface area contributed by atoms with E-state index in [-0.39, 0.29) is 23.4 Å². The smallest absolute Gasteiger partial charge is 0.317 e. The first-order valence-corrected chi connectivity index (χ1v) is 9.96. The number of aliphatic imine (C=N–C) groups is 2. The predicted molar refractivity (Wildman–Crippen MR) is 108 cm³/mol. The summed E-state index contributed by atoms with van der Waals surface area (Å²) < 4.78 is 80.3. The summed E-state index contributed by atoms with van der Waals surface area (Å²) in [6.07, 6.45) is -5.60. The minimum absolute atomic E-state index is 0.0481. The zero-order chi connectivity index (χ0) is 23.0. The van der Waals surface area contributed by atoms with Gasteiger partial charge in [-0.15, -0.1) is 0 Å². The van der Waals surface area contributed by atoms with Gasteiger partial charge >= 0.3 is 12.4 Å². The first kappa shape index (κ1) is 23.4. The highest BCUT2D eigenvalue weighted by molar-refractivity contribution is 6.31. The van der Waals surface area contributed by atoms with E-state index >= 15 is 0 Å². The second-order valence-corrected chi connectivity index (χ2v) is 8.03. The average Bonchev–Trinajstić information content (AvgIpc) is 2.66. The lowest BCUT2D eigenvalue weighted by Crippen LogP contribution is -2.35. The Kier molecular flexibility index (Phi) is 6.55. The first-order valence-electron chi connectivity index (χ1n) is 9.58. The molecule has 1 aromatic rings. The van der Waals surface area contributed by atoms with Gasteiger partial charge in [0, 0.05) is 24.6 Å². The van der Waals surface area contributed by atoms with Crippen molar-refractivity contribution in [2.24, 2.45) is 15.9 Å². The minimum Gasteiger partial charge on any atom is -0.317 e. The van der Waals surface area contributed by atoms with Gasteiger partial charge in [-0.25, -0.2) is 4.99 Å².